The highest BCUT2D eigenvalue weighted by molar-refractivity contribution is 7.99. The summed E-state index contributed by atoms with van der Waals surface area (Å²) < 4.78 is 5.91. The lowest BCUT2D eigenvalue weighted by atomic mass is 10.0. The third-order valence-electron chi connectivity index (χ3n) is 4.16. The van der Waals surface area contributed by atoms with Gasteiger partial charge in [0.15, 0.2) is 5.78 Å². The molecule has 1 atom stereocenters. The van der Waals surface area contributed by atoms with Gasteiger partial charge in [0.25, 0.3) is 0 Å². The summed E-state index contributed by atoms with van der Waals surface area (Å²) in [7, 11) is 0. The summed E-state index contributed by atoms with van der Waals surface area (Å²) in [6.45, 7) is 6.11. The van der Waals surface area contributed by atoms with Gasteiger partial charge in [0.1, 0.15) is 11.4 Å². The summed E-state index contributed by atoms with van der Waals surface area (Å²) in [4.78, 5) is 13.9. The van der Waals surface area contributed by atoms with Crippen LogP contribution in [0.1, 0.15) is 48.4 Å². The van der Waals surface area contributed by atoms with Crippen LogP contribution in [-0.4, -0.2) is 11.4 Å². The van der Waals surface area contributed by atoms with Gasteiger partial charge in [-0.25, -0.2) is 0 Å². The Morgan fingerprint density at radius 2 is 1.43 bits per heavy atom. The maximum atomic E-state index is 12.8. The van der Waals surface area contributed by atoms with Crippen LogP contribution in [-0.2, 0) is 0 Å². The number of thioether (sulfide) groups is 1. The molecule has 144 valence electrons. The van der Waals surface area contributed by atoms with Gasteiger partial charge in [-0.1, -0.05) is 60.7 Å². The Morgan fingerprint density at radius 1 is 0.857 bits per heavy atom. The van der Waals surface area contributed by atoms with Gasteiger partial charge in [-0.15, -0.1) is 11.8 Å². The topological polar surface area (TPSA) is 26.3 Å². The zero-order valence-corrected chi connectivity index (χ0v) is 17.4. The Hall–Kier alpha value is -2.52. The van der Waals surface area contributed by atoms with E-state index in [4.69, 9.17) is 4.74 Å². The maximum absolute atomic E-state index is 12.8. The summed E-state index contributed by atoms with van der Waals surface area (Å²) >= 11 is 1.72. The summed E-state index contributed by atoms with van der Waals surface area (Å²) in [5.41, 5.74) is 1.70. The Bertz CT molecular complexity index is 881. The minimum Gasteiger partial charge on any atom is -0.488 e. The number of benzene rings is 3. The molecular weight excluding hydrogens is 364 g/mol. The van der Waals surface area contributed by atoms with Gasteiger partial charge in [0, 0.05) is 22.1 Å². The minimum atomic E-state index is -0.219. The van der Waals surface area contributed by atoms with Gasteiger partial charge in [0.2, 0.25) is 0 Å². The normalized spacial score (nSPS) is 12.4. The van der Waals surface area contributed by atoms with E-state index >= 15 is 0 Å². The second-order valence-corrected chi connectivity index (χ2v) is 8.97. The van der Waals surface area contributed by atoms with E-state index in [0.29, 0.717) is 6.42 Å². The highest BCUT2D eigenvalue weighted by Crippen LogP contribution is 2.39. The van der Waals surface area contributed by atoms with Gasteiger partial charge in [-0.2, -0.15) is 0 Å². The van der Waals surface area contributed by atoms with Crippen molar-refractivity contribution in [2.24, 2.45) is 0 Å². The molecule has 0 aliphatic carbocycles. The van der Waals surface area contributed by atoms with Gasteiger partial charge in [0.05, 0.1) is 0 Å². The van der Waals surface area contributed by atoms with E-state index in [1.807, 2.05) is 81.4 Å². The molecule has 0 aliphatic rings. The van der Waals surface area contributed by atoms with E-state index < -0.39 is 0 Å². The first-order valence-corrected chi connectivity index (χ1v) is 10.4. The third kappa shape index (κ3) is 6.00. The van der Waals surface area contributed by atoms with Crippen molar-refractivity contribution < 1.29 is 9.53 Å². The van der Waals surface area contributed by atoms with Crippen molar-refractivity contribution >= 4 is 17.5 Å². The number of hydrogen-bond donors (Lipinski definition) is 0. The predicted molar refractivity (Wildman–Crippen MR) is 117 cm³/mol. The largest absolute Gasteiger partial charge is 0.488 e. The Morgan fingerprint density at radius 3 is 2.00 bits per heavy atom. The van der Waals surface area contributed by atoms with Crippen molar-refractivity contribution in [3.05, 3.63) is 96.1 Å². The summed E-state index contributed by atoms with van der Waals surface area (Å²) in [6.07, 6.45) is 0.457. The first-order valence-electron chi connectivity index (χ1n) is 9.50. The number of rotatable bonds is 7. The minimum absolute atomic E-state index is 0.0586. The van der Waals surface area contributed by atoms with Crippen LogP contribution in [0.3, 0.4) is 0 Å². The van der Waals surface area contributed by atoms with Crippen molar-refractivity contribution in [2.75, 3.05) is 0 Å². The fourth-order valence-electron chi connectivity index (χ4n) is 2.91. The molecule has 28 heavy (non-hydrogen) atoms. The molecule has 3 rings (SSSR count). The van der Waals surface area contributed by atoms with Crippen LogP contribution in [0.4, 0.5) is 0 Å². The standard InChI is InChI=1S/C25H26O2S/c1-25(2,3)27-21-14-16-22(17-15-21)28-24(20-12-8-5-9-13-20)18-23(26)19-10-6-4-7-11-19/h4-17,24H,18H2,1-3H3. The van der Waals surface area contributed by atoms with Crippen LogP contribution in [0, 0.1) is 0 Å². The monoisotopic (exact) mass is 390 g/mol. The number of Topliss-reactive ketones (excluding diaryl/α,β-unsaturated/α-hetero) is 1. The van der Waals surface area contributed by atoms with E-state index in [9.17, 15) is 4.79 Å². The fourth-order valence-corrected chi connectivity index (χ4v) is 4.06. The number of ketones is 1. The average molecular weight is 391 g/mol. The lowest BCUT2D eigenvalue weighted by molar-refractivity contribution is 0.0982. The van der Waals surface area contributed by atoms with Gasteiger partial charge < -0.3 is 4.74 Å². The number of hydrogen-bond acceptors (Lipinski definition) is 3. The van der Waals surface area contributed by atoms with Crippen molar-refractivity contribution in [1.29, 1.82) is 0 Å². The SMILES string of the molecule is CC(C)(C)Oc1ccc(SC(CC(=O)c2ccccc2)c2ccccc2)cc1. The average Bonchev–Trinajstić information content (AvgIpc) is 2.69. The lowest BCUT2D eigenvalue weighted by Crippen LogP contribution is -2.22. The summed E-state index contributed by atoms with van der Waals surface area (Å²) in [5.74, 6) is 1.02. The molecule has 1 unspecified atom stereocenters. The van der Waals surface area contributed by atoms with E-state index in [-0.39, 0.29) is 16.6 Å². The predicted octanol–water partition coefficient (Wildman–Crippen LogP) is 6.97. The molecule has 3 aromatic carbocycles. The molecule has 0 heterocycles. The van der Waals surface area contributed by atoms with Crippen LogP contribution in [0.2, 0.25) is 0 Å². The van der Waals surface area contributed by atoms with Crippen molar-refractivity contribution in [2.45, 2.75) is 42.9 Å². The molecule has 0 saturated heterocycles. The van der Waals surface area contributed by atoms with Crippen LogP contribution in [0.25, 0.3) is 0 Å². The molecular formula is C25H26O2S. The number of carbonyl (C=O) groups excluding carboxylic acids is 1. The van der Waals surface area contributed by atoms with Gasteiger partial charge >= 0.3 is 0 Å². The molecule has 3 aromatic rings. The van der Waals surface area contributed by atoms with Gasteiger partial charge in [-0.3, -0.25) is 4.79 Å². The molecule has 0 amide bonds. The number of carbonyl (C=O) groups is 1. The molecule has 2 nitrogen and oxygen atoms in total. The number of ether oxygens (including phenoxy) is 1. The molecule has 0 radical (unpaired) electrons. The highest BCUT2D eigenvalue weighted by atomic mass is 32.2. The first-order chi connectivity index (χ1) is 13.4. The van der Waals surface area contributed by atoms with Crippen LogP contribution < -0.4 is 4.74 Å². The second-order valence-electron chi connectivity index (χ2n) is 7.70. The molecule has 0 fully saturated rings. The first kappa shape index (κ1) is 20.2. The summed E-state index contributed by atoms with van der Waals surface area (Å²) in [5, 5.41) is 0.0586. The highest BCUT2D eigenvalue weighted by Gasteiger charge is 2.19. The quantitative estimate of drug-likeness (QED) is 0.322. The fraction of sp³-hybridized carbons (Fsp3) is 0.240. The molecule has 0 bridgehead atoms. The molecule has 3 heteroatoms. The molecule has 0 spiro atoms. The molecule has 0 N–H and O–H groups in total. The summed E-state index contributed by atoms with van der Waals surface area (Å²) in [6, 6.07) is 27.9. The third-order valence-corrected chi connectivity index (χ3v) is 5.43. The van der Waals surface area contributed by atoms with Crippen LogP contribution >= 0.6 is 11.8 Å². The molecule has 0 aromatic heterocycles. The Balaban J connectivity index is 1.77. The van der Waals surface area contributed by atoms with E-state index in [1.165, 1.54) is 0 Å². The second kappa shape index (κ2) is 9.11. The lowest BCUT2D eigenvalue weighted by Gasteiger charge is -2.21. The Labute approximate surface area is 171 Å². The zero-order chi connectivity index (χ0) is 20.0. The van der Waals surface area contributed by atoms with Crippen molar-refractivity contribution in [3.8, 4) is 5.75 Å². The maximum Gasteiger partial charge on any atom is 0.164 e. The smallest absolute Gasteiger partial charge is 0.164 e. The van der Waals surface area contributed by atoms with Gasteiger partial charge in [-0.05, 0) is 50.6 Å². The Kier molecular flexibility index (Phi) is 6.58. The molecule has 0 aliphatic heterocycles. The van der Waals surface area contributed by atoms with E-state index in [2.05, 4.69) is 24.3 Å². The van der Waals surface area contributed by atoms with Crippen LogP contribution in [0.5, 0.6) is 5.75 Å². The molecule has 0 saturated carbocycles. The van der Waals surface area contributed by atoms with E-state index in [1.54, 1.807) is 11.8 Å². The van der Waals surface area contributed by atoms with E-state index in [0.717, 1.165) is 21.8 Å². The zero-order valence-electron chi connectivity index (χ0n) is 16.6. The van der Waals surface area contributed by atoms with Crippen molar-refractivity contribution in [3.63, 3.8) is 0 Å². The van der Waals surface area contributed by atoms with Crippen LogP contribution in [0.15, 0.2) is 89.8 Å². The van der Waals surface area contributed by atoms with Crippen molar-refractivity contribution in [1.82, 2.24) is 0 Å².